The topological polar surface area (TPSA) is 46.6 Å². The summed E-state index contributed by atoms with van der Waals surface area (Å²) in [7, 11) is 0. The Morgan fingerprint density at radius 3 is 1.61 bits per heavy atom. The SMILES string of the molecule is c1cc2c(c(OCCCN3CCCC3)c1)-c1ccc(cc1OCCCN1CCCC1)CCc1ccc(OCCCN3CCCC3)c(c1)Oc1ccc(cc1)CC2. The number of hydrogen-bond acceptors (Lipinski definition) is 7. The molecule has 4 aromatic rings. The first-order valence-electron chi connectivity index (χ1n) is 21.9. The molecule has 4 aromatic carbocycles. The standard InChI is InChI=1S/C49H63N3O4/c1-2-26-50(25-1)31-8-34-53-45-24-19-41-14-13-40-18-23-44(47(37-40)55-36-10-33-52-29-5-6-30-52)49-42(20-15-39-16-21-43(22-17-39)56-48(45)38-41)11-7-12-46(49)54-35-9-32-51-27-3-4-28-51/h7,11-12,16-19,21-24,37-38H,1-6,8-10,13-15,20,25-36H2. The lowest BCUT2D eigenvalue weighted by Crippen LogP contribution is -2.22. The van der Waals surface area contributed by atoms with Crippen LogP contribution in [0.25, 0.3) is 11.1 Å². The number of likely N-dealkylation sites (tertiary alicyclic amines) is 3. The Labute approximate surface area is 335 Å². The molecule has 0 unspecified atom stereocenters. The lowest BCUT2D eigenvalue weighted by molar-refractivity contribution is 0.257. The smallest absolute Gasteiger partial charge is 0.169 e. The van der Waals surface area contributed by atoms with Crippen LogP contribution < -0.4 is 18.9 Å². The van der Waals surface area contributed by atoms with Gasteiger partial charge in [-0.25, -0.2) is 0 Å². The van der Waals surface area contributed by atoms with E-state index in [-0.39, 0.29) is 0 Å². The minimum absolute atomic E-state index is 0.686. The van der Waals surface area contributed by atoms with Crippen LogP contribution in [-0.2, 0) is 25.7 Å². The van der Waals surface area contributed by atoms with Crippen molar-refractivity contribution < 1.29 is 18.9 Å². The minimum atomic E-state index is 0.686. The molecule has 7 heteroatoms. The first-order chi connectivity index (χ1) is 27.7. The summed E-state index contributed by atoms with van der Waals surface area (Å²) in [6, 6.07) is 28.6. The normalized spacial score (nSPS) is 17.8. The molecule has 0 aliphatic carbocycles. The van der Waals surface area contributed by atoms with Gasteiger partial charge in [0.2, 0.25) is 0 Å². The molecule has 298 valence electrons. The van der Waals surface area contributed by atoms with Crippen molar-refractivity contribution in [3.05, 3.63) is 101 Å². The largest absolute Gasteiger partial charge is 0.493 e. The average molecular weight is 758 g/mol. The molecule has 0 N–H and O–H groups in total. The van der Waals surface area contributed by atoms with Crippen molar-refractivity contribution in [2.45, 2.75) is 83.5 Å². The Hall–Kier alpha value is -4.04. The van der Waals surface area contributed by atoms with Crippen molar-refractivity contribution in [2.24, 2.45) is 0 Å². The summed E-state index contributed by atoms with van der Waals surface area (Å²) >= 11 is 0. The third-order valence-electron chi connectivity index (χ3n) is 12.2. The Balaban J connectivity index is 1.06. The summed E-state index contributed by atoms with van der Waals surface area (Å²) in [6.45, 7) is 12.7. The molecule has 0 amide bonds. The molecular formula is C49H63N3O4. The van der Waals surface area contributed by atoms with E-state index >= 15 is 0 Å². The molecule has 0 radical (unpaired) electrons. The minimum Gasteiger partial charge on any atom is -0.493 e. The molecule has 7 aliphatic rings. The fourth-order valence-electron chi connectivity index (χ4n) is 9.01. The van der Waals surface area contributed by atoms with Crippen LogP contribution in [0.2, 0.25) is 0 Å². The molecule has 7 aliphatic heterocycles. The molecule has 6 bridgehead atoms. The van der Waals surface area contributed by atoms with E-state index in [1.807, 2.05) is 0 Å². The number of ether oxygens (including phenoxy) is 4. The molecule has 0 saturated carbocycles. The van der Waals surface area contributed by atoms with Crippen LogP contribution >= 0.6 is 0 Å². The summed E-state index contributed by atoms with van der Waals surface area (Å²) in [5.74, 6) is 4.36. The number of benzene rings is 4. The third-order valence-corrected chi connectivity index (χ3v) is 12.2. The van der Waals surface area contributed by atoms with Gasteiger partial charge in [0.15, 0.2) is 11.5 Å². The second kappa shape index (κ2) is 19.9. The summed E-state index contributed by atoms with van der Waals surface area (Å²) in [6.07, 6.45) is 14.6. The van der Waals surface area contributed by atoms with Gasteiger partial charge in [0.25, 0.3) is 0 Å². The lowest BCUT2D eigenvalue weighted by Gasteiger charge is -2.21. The van der Waals surface area contributed by atoms with Gasteiger partial charge in [0, 0.05) is 30.8 Å². The molecule has 3 saturated heterocycles. The Morgan fingerprint density at radius 1 is 0.464 bits per heavy atom. The Kier molecular flexibility index (Phi) is 13.8. The molecular weight excluding hydrogens is 695 g/mol. The van der Waals surface area contributed by atoms with Gasteiger partial charge in [-0.05, 0) is 181 Å². The molecule has 0 spiro atoms. The van der Waals surface area contributed by atoms with Crippen molar-refractivity contribution in [2.75, 3.05) is 78.7 Å². The zero-order chi connectivity index (χ0) is 37.8. The average Bonchev–Trinajstić information content (AvgIpc) is 4.05. The van der Waals surface area contributed by atoms with Crippen LogP contribution in [0.3, 0.4) is 0 Å². The van der Waals surface area contributed by atoms with Gasteiger partial charge >= 0.3 is 0 Å². The Bertz CT molecular complexity index is 1830. The van der Waals surface area contributed by atoms with Crippen molar-refractivity contribution in [1.82, 2.24) is 14.7 Å². The van der Waals surface area contributed by atoms with E-state index in [9.17, 15) is 0 Å². The van der Waals surface area contributed by atoms with Gasteiger partial charge < -0.3 is 33.6 Å². The van der Waals surface area contributed by atoms with Crippen molar-refractivity contribution in [3.8, 4) is 39.9 Å². The third kappa shape index (κ3) is 10.7. The number of hydrogen-bond donors (Lipinski definition) is 0. The lowest BCUT2D eigenvalue weighted by atomic mass is 9.92. The Morgan fingerprint density at radius 2 is 0.982 bits per heavy atom. The van der Waals surface area contributed by atoms with Gasteiger partial charge in [0.1, 0.15) is 17.2 Å². The van der Waals surface area contributed by atoms with Crippen LogP contribution in [0.1, 0.15) is 80.0 Å². The fourth-order valence-corrected chi connectivity index (χ4v) is 9.01. The first kappa shape index (κ1) is 38.8. The zero-order valence-corrected chi connectivity index (χ0v) is 33.7. The van der Waals surface area contributed by atoms with E-state index in [1.54, 1.807) is 0 Å². The second-order valence-corrected chi connectivity index (χ2v) is 16.4. The monoisotopic (exact) mass is 757 g/mol. The van der Waals surface area contributed by atoms with E-state index in [0.717, 1.165) is 98.9 Å². The predicted molar refractivity (Wildman–Crippen MR) is 227 cm³/mol. The van der Waals surface area contributed by atoms with E-state index in [1.165, 1.54) is 106 Å². The molecule has 0 aromatic heterocycles. The number of nitrogens with zero attached hydrogens (tertiary/aromatic N) is 3. The van der Waals surface area contributed by atoms with Crippen LogP contribution in [-0.4, -0.2) is 93.4 Å². The van der Waals surface area contributed by atoms with Gasteiger partial charge in [0.05, 0.1) is 19.8 Å². The van der Waals surface area contributed by atoms with Crippen LogP contribution in [0.15, 0.2) is 78.9 Å². The summed E-state index contributed by atoms with van der Waals surface area (Å²) in [4.78, 5) is 7.70. The number of rotatable bonds is 15. The van der Waals surface area contributed by atoms with Gasteiger partial charge in [-0.3, -0.25) is 0 Å². The van der Waals surface area contributed by atoms with Crippen molar-refractivity contribution in [1.29, 1.82) is 0 Å². The van der Waals surface area contributed by atoms with E-state index in [2.05, 4.69) is 93.6 Å². The highest BCUT2D eigenvalue weighted by Crippen LogP contribution is 2.41. The summed E-state index contributed by atoms with van der Waals surface area (Å²) < 4.78 is 26.5. The second-order valence-electron chi connectivity index (χ2n) is 16.4. The number of aryl methyl sites for hydroxylation is 4. The van der Waals surface area contributed by atoms with E-state index in [4.69, 9.17) is 18.9 Å². The molecule has 3 fully saturated rings. The van der Waals surface area contributed by atoms with E-state index in [0.29, 0.717) is 19.8 Å². The van der Waals surface area contributed by atoms with Crippen LogP contribution in [0.5, 0.6) is 28.7 Å². The fraction of sp³-hybridized carbons (Fsp3) is 0.510. The summed E-state index contributed by atoms with van der Waals surface area (Å²) in [5, 5.41) is 0. The van der Waals surface area contributed by atoms with Gasteiger partial charge in [-0.2, -0.15) is 0 Å². The van der Waals surface area contributed by atoms with Crippen LogP contribution in [0, 0.1) is 0 Å². The molecule has 56 heavy (non-hydrogen) atoms. The van der Waals surface area contributed by atoms with Crippen molar-refractivity contribution in [3.63, 3.8) is 0 Å². The predicted octanol–water partition coefficient (Wildman–Crippen LogP) is 9.62. The first-order valence-corrected chi connectivity index (χ1v) is 21.9. The molecule has 11 rings (SSSR count). The zero-order valence-electron chi connectivity index (χ0n) is 33.7. The maximum absolute atomic E-state index is 6.80. The molecule has 7 heterocycles. The molecule has 7 nitrogen and oxygen atoms in total. The van der Waals surface area contributed by atoms with Gasteiger partial charge in [-0.15, -0.1) is 0 Å². The quantitative estimate of drug-likeness (QED) is 0.112. The van der Waals surface area contributed by atoms with Crippen LogP contribution in [0.4, 0.5) is 0 Å². The maximum Gasteiger partial charge on any atom is 0.169 e. The highest BCUT2D eigenvalue weighted by Gasteiger charge is 2.20. The molecule has 0 atom stereocenters. The highest BCUT2D eigenvalue weighted by atomic mass is 16.5. The maximum atomic E-state index is 6.80. The summed E-state index contributed by atoms with van der Waals surface area (Å²) in [5.41, 5.74) is 7.39. The van der Waals surface area contributed by atoms with E-state index < -0.39 is 0 Å². The van der Waals surface area contributed by atoms with Gasteiger partial charge in [-0.1, -0.05) is 42.5 Å². The van der Waals surface area contributed by atoms with Crippen molar-refractivity contribution >= 4 is 0 Å². The highest BCUT2D eigenvalue weighted by molar-refractivity contribution is 5.79.